The predicted molar refractivity (Wildman–Crippen MR) is 81.7 cm³/mol. The van der Waals surface area contributed by atoms with Crippen LogP contribution in [-0.4, -0.2) is 22.6 Å². The Hall–Kier alpha value is -1.99. The summed E-state index contributed by atoms with van der Waals surface area (Å²) in [6.45, 7) is 3.51. The van der Waals surface area contributed by atoms with Gasteiger partial charge in [-0.15, -0.1) is 0 Å². The van der Waals surface area contributed by atoms with E-state index in [1.807, 2.05) is 0 Å². The molecule has 1 N–H and O–H groups in total. The molecular formula is C15H19NO5S. The van der Waals surface area contributed by atoms with Crippen LogP contribution in [0.3, 0.4) is 0 Å². The third kappa shape index (κ3) is 3.42. The van der Waals surface area contributed by atoms with E-state index in [4.69, 9.17) is 13.9 Å². The Morgan fingerprint density at radius 1 is 1.14 bits per heavy atom. The molecule has 0 saturated carbocycles. The van der Waals surface area contributed by atoms with Gasteiger partial charge in [0.15, 0.2) is 0 Å². The van der Waals surface area contributed by atoms with Crippen LogP contribution >= 0.6 is 0 Å². The summed E-state index contributed by atoms with van der Waals surface area (Å²) in [6.07, 6.45) is 0. The summed E-state index contributed by atoms with van der Waals surface area (Å²) in [5.74, 6) is 1.95. The Kier molecular flexibility index (Phi) is 4.77. The molecule has 0 radical (unpaired) electrons. The molecule has 2 aromatic rings. The van der Waals surface area contributed by atoms with Gasteiger partial charge in [0.25, 0.3) is 0 Å². The highest BCUT2D eigenvalue weighted by molar-refractivity contribution is 7.89. The van der Waals surface area contributed by atoms with Crippen LogP contribution in [0.4, 0.5) is 0 Å². The van der Waals surface area contributed by atoms with Crippen LogP contribution in [0.5, 0.6) is 11.5 Å². The van der Waals surface area contributed by atoms with E-state index in [1.165, 1.54) is 20.3 Å². The van der Waals surface area contributed by atoms with Crippen molar-refractivity contribution in [3.05, 3.63) is 41.9 Å². The molecule has 1 heterocycles. The fourth-order valence-electron chi connectivity index (χ4n) is 2.03. The molecule has 7 heteroatoms. The normalized spacial score (nSPS) is 12.9. The smallest absolute Gasteiger partial charge is 0.245 e. The van der Waals surface area contributed by atoms with Crippen molar-refractivity contribution < 1.29 is 22.3 Å². The van der Waals surface area contributed by atoms with Gasteiger partial charge >= 0.3 is 0 Å². The molecule has 0 saturated heterocycles. The quantitative estimate of drug-likeness (QED) is 0.883. The first kappa shape index (κ1) is 16.4. The van der Waals surface area contributed by atoms with E-state index < -0.39 is 16.1 Å². The molecule has 0 bridgehead atoms. The predicted octanol–water partition coefficient (Wildman–Crippen LogP) is 2.64. The van der Waals surface area contributed by atoms with Crippen LogP contribution in [-0.2, 0) is 10.0 Å². The summed E-state index contributed by atoms with van der Waals surface area (Å²) in [7, 11) is -0.900. The Balaban J connectivity index is 2.33. The molecule has 0 aliphatic carbocycles. The number of hydrogen-bond donors (Lipinski definition) is 1. The lowest BCUT2D eigenvalue weighted by Gasteiger charge is -2.15. The summed E-state index contributed by atoms with van der Waals surface area (Å²) < 4.78 is 43.4. The molecule has 0 amide bonds. The van der Waals surface area contributed by atoms with Gasteiger partial charge in [0.05, 0.1) is 20.3 Å². The van der Waals surface area contributed by atoms with E-state index in [1.54, 1.807) is 38.1 Å². The van der Waals surface area contributed by atoms with Gasteiger partial charge in [-0.3, -0.25) is 0 Å². The van der Waals surface area contributed by atoms with Gasteiger partial charge < -0.3 is 13.9 Å². The van der Waals surface area contributed by atoms with E-state index >= 15 is 0 Å². The Labute approximate surface area is 130 Å². The second-order valence-electron chi connectivity index (χ2n) is 4.81. The first-order valence-corrected chi connectivity index (χ1v) is 8.16. The van der Waals surface area contributed by atoms with Crippen molar-refractivity contribution in [3.63, 3.8) is 0 Å². The van der Waals surface area contributed by atoms with Crippen LogP contribution in [0.2, 0.25) is 0 Å². The summed E-state index contributed by atoms with van der Waals surface area (Å²) in [5.41, 5.74) is 0. The van der Waals surface area contributed by atoms with Crippen molar-refractivity contribution in [2.45, 2.75) is 24.8 Å². The van der Waals surface area contributed by atoms with Gasteiger partial charge in [-0.05, 0) is 38.1 Å². The third-order valence-electron chi connectivity index (χ3n) is 3.18. The van der Waals surface area contributed by atoms with Crippen LogP contribution in [0.1, 0.15) is 24.5 Å². The maximum absolute atomic E-state index is 12.6. The minimum atomic E-state index is -3.79. The molecule has 2 rings (SSSR count). The lowest BCUT2D eigenvalue weighted by atomic mass is 10.3. The minimum absolute atomic E-state index is 0.0180. The molecule has 22 heavy (non-hydrogen) atoms. The molecule has 1 atom stereocenters. The third-order valence-corrected chi connectivity index (χ3v) is 4.74. The first-order chi connectivity index (χ1) is 10.4. The van der Waals surface area contributed by atoms with Crippen LogP contribution in [0, 0.1) is 6.92 Å². The average molecular weight is 325 g/mol. The van der Waals surface area contributed by atoms with Gasteiger partial charge in [0, 0.05) is 6.07 Å². The number of sulfonamides is 1. The minimum Gasteiger partial charge on any atom is -0.497 e. The highest BCUT2D eigenvalue weighted by Crippen LogP contribution is 2.29. The molecular weight excluding hydrogens is 306 g/mol. The standard InChI is InChI=1S/C15H19NO5S/c1-10-5-7-13(21-10)11(2)16-22(17,18)15-9-12(19-3)6-8-14(15)20-4/h5-9,11,16H,1-4H3. The second-order valence-corrected chi connectivity index (χ2v) is 6.49. The number of ether oxygens (including phenoxy) is 2. The van der Waals surface area contributed by atoms with Crippen molar-refractivity contribution in [3.8, 4) is 11.5 Å². The molecule has 0 aliphatic heterocycles. The van der Waals surface area contributed by atoms with E-state index in [9.17, 15) is 8.42 Å². The topological polar surface area (TPSA) is 77.8 Å². The molecule has 120 valence electrons. The van der Waals surface area contributed by atoms with E-state index in [-0.39, 0.29) is 10.6 Å². The molecule has 1 aromatic carbocycles. The maximum atomic E-state index is 12.6. The van der Waals surface area contributed by atoms with E-state index in [0.717, 1.165) is 5.76 Å². The average Bonchev–Trinajstić information content (AvgIpc) is 2.93. The first-order valence-electron chi connectivity index (χ1n) is 6.68. The van der Waals surface area contributed by atoms with E-state index in [2.05, 4.69) is 4.72 Å². The highest BCUT2D eigenvalue weighted by atomic mass is 32.2. The zero-order valence-corrected chi connectivity index (χ0v) is 13.7. The highest BCUT2D eigenvalue weighted by Gasteiger charge is 2.24. The fourth-order valence-corrected chi connectivity index (χ4v) is 3.43. The number of rotatable bonds is 6. The molecule has 0 aliphatic rings. The van der Waals surface area contributed by atoms with Gasteiger partial charge in [-0.25, -0.2) is 13.1 Å². The molecule has 6 nitrogen and oxygen atoms in total. The SMILES string of the molecule is COc1ccc(OC)c(S(=O)(=O)NC(C)c2ccc(C)o2)c1. The Bertz CT molecular complexity index is 751. The van der Waals surface area contributed by atoms with E-state index in [0.29, 0.717) is 11.5 Å². The Morgan fingerprint density at radius 2 is 1.86 bits per heavy atom. The van der Waals surface area contributed by atoms with Crippen LogP contribution in [0.25, 0.3) is 0 Å². The number of aryl methyl sites for hydroxylation is 1. The fraction of sp³-hybridized carbons (Fsp3) is 0.333. The zero-order chi connectivity index (χ0) is 16.3. The number of nitrogens with one attached hydrogen (secondary N) is 1. The molecule has 0 fully saturated rings. The number of benzene rings is 1. The van der Waals surface area contributed by atoms with Crippen LogP contribution < -0.4 is 14.2 Å². The monoisotopic (exact) mass is 325 g/mol. The van der Waals surface area contributed by atoms with Crippen molar-refractivity contribution in [2.24, 2.45) is 0 Å². The Morgan fingerprint density at radius 3 is 2.41 bits per heavy atom. The van der Waals surface area contributed by atoms with Crippen LogP contribution in [0.15, 0.2) is 39.6 Å². The molecule has 1 aromatic heterocycles. The number of hydrogen-bond acceptors (Lipinski definition) is 5. The zero-order valence-electron chi connectivity index (χ0n) is 12.9. The van der Waals surface area contributed by atoms with Gasteiger partial charge in [0.2, 0.25) is 10.0 Å². The van der Waals surface area contributed by atoms with Crippen molar-refractivity contribution in [2.75, 3.05) is 14.2 Å². The van der Waals surface area contributed by atoms with Crippen molar-refractivity contribution in [1.82, 2.24) is 4.72 Å². The van der Waals surface area contributed by atoms with Crippen molar-refractivity contribution >= 4 is 10.0 Å². The molecule has 1 unspecified atom stereocenters. The number of methoxy groups -OCH3 is 2. The maximum Gasteiger partial charge on any atom is 0.245 e. The summed E-state index contributed by atoms with van der Waals surface area (Å²) >= 11 is 0. The summed E-state index contributed by atoms with van der Waals surface area (Å²) in [4.78, 5) is 0.0180. The van der Waals surface area contributed by atoms with Gasteiger partial charge in [-0.1, -0.05) is 0 Å². The summed E-state index contributed by atoms with van der Waals surface area (Å²) in [6, 6.07) is 7.63. The molecule has 0 spiro atoms. The second kappa shape index (κ2) is 6.41. The largest absolute Gasteiger partial charge is 0.497 e. The lowest BCUT2D eigenvalue weighted by molar-refractivity contribution is 0.391. The lowest BCUT2D eigenvalue weighted by Crippen LogP contribution is -2.27. The van der Waals surface area contributed by atoms with Crippen molar-refractivity contribution in [1.29, 1.82) is 0 Å². The van der Waals surface area contributed by atoms with Gasteiger partial charge in [-0.2, -0.15) is 0 Å². The number of furan rings is 1. The van der Waals surface area contributed by atoms with Gasteiger partial charge in [0.1, 0.15) is 27.9 Å². The summed E-state index contributed by atoms with van der Waals surface area (Å²) in [5, 5.41) is 0.